The molecule has 1 saturated heterocycles. The van der Waals surface area contributed by atoms with Crippen LogP contribution in [0.3, 0.4) is 0 Å². The van der Waals surface area contributed by atoms with Crippen LogP contribution in [0.15, 0.2) is 23.2 Å². The smallest absolute Gasteiger partial charge is 0.191 e. The summed E-state index contributed by atoms with van der Waals surface area (Å²) in [6.07, 6.45) is 3.49. The highest BCUT2D eigenvalue weighted by atomic mass is 127. The first-order chi connectivity index (χ1) is 12.0. The zero-order valence-electron chi connectivity index (χ0n) is 15.8. The second-order valence-corrected chi connectivity index (χ2v) is 8.33. The van der Waals surface area contributed by atoms with Crippen LogP contribution in [0.2, 0.25) is 0 Å². The number of hydrogen-bond acceptors (Lipinski definition) is 3. The Balaban J connectivity index is 0.00000243. The lowest BCUT2D eigenvalue weighted by molar-refractivity contribution is -0.106. The molecule has 2 fully saturated rings. The molecule has 0 spiro atoms. The largest absolute Gasteiger partial charge is 0.377 e. The van der Waals surface area contributed by atoms with E-state index in [4.69, 9.17) is 4.74 Å². The fourth-order valence-electron chi connectivity index (χ4n) is 4.19. The van der Waals surface area contributed by atoms with Crippen molar-refractivity contribution in [2.75, 3.05) is 19.9 Å². The van der Waals surface area contributed by atoms with Crippen molar-refractivity contribution in [2.45, 2.75) is 44.7 Å². The van der Waals surface area contributed by atoms with E-state index in [2.05, 4.69) is 29.5 Å². The van der Waals surface area contributed by atoms with Gasteiger partial charge in [0.05, 0.1) is 6.10 Å². The van der Waals surface area contributed by atoms with Crippen LogP contribution in [0.1, 0.15) is 31.4 Å². The van der Waals surface area contributed by atoms with E-state index < -0.39 is 0 Å². The summed E-state index contributed by atoms with van der Waals surface area (Å²) in [4.78, 5) is 4.37. The highest BCUT2D eigenvalue weighted by molar-refractivity contribution is 14.0. The summed E-state index contributed by atoms with van der Waals surface area (Å²) in [6, 6.07) is 5.37. The molecule has 0 radical (unpaired) electrons. The highest BCUT2D eigenvalue weighted by Gasteiger charge is 2.59. The van der Waals surface area contributed by atoms with Crippen LogP contribution in [0.4, 0.5) is 4.39 Å². The normalized spacial score (nSPS) is 26.5. The summed E-state index contributed by atoms with van der Waals surface area (Å²) in [5.74, 6) is 1.98. The van der Waals surface area contributed by atoms with Crippen LogP contribution in [0, 0.1) is 17.2 Å². The topological polar surface area (TPSA) is 45.7 Å². The van der Waals surface area contributed by atoms with Crippen LogP contribution in [-0.4, -0.2) is 38.0 Å². The average Bonchev–Trinajstić information content (AvgIpc) is 3.04. The Morgan fingerprint density at radius 2 is 2.15 bits per heavy atom. The minimum absolute atomic E-state index is 0. The number of rotatable bonds is 5. The van der Waals surface area contributed by atoms with E-state index in [0.29, 0.717) is 24.6 Å². The minimum atomic E-state index is -0.182. The number of nitrogens with one attached hydrogen (secondary N) is 2. The van der Waals surface area contributed by atoms with Gasteiger partial charge < -0.3 is 15.4 Å². The zero-order chi connectivity index (χ0) is 18.0. The van der Waals surface area contributed by atoms with Crippen molar-refractivity contribution in [3.05, 3.63) is 35.1 Å². The molecule has 146 valence electrons. The van der Waals surface area contributed by atoms with Crippen molar-refractivity contribution in [3.8, 4) is 0 Å². The summed E-state index contributed by atoms with van der Waals surface area (Å²) in [7, 11) is 1.79. The third kappa shape index (κ3) is 4.30. The highest BCUT2D eigenvalue weighted by Crippen LogP contribution is 2.52. The number of fused-ring (bicyclic) bond motifs is 1. The molecule has 3 atom stereocenters. The van der Waals surface area contributed by atoms with Crippen LogP contribution in [0.25, 0.3) is 0 Å². The van der Waals surface area contributed by atoms with Gasteiger partial charge in [-0.15, -0.1) is 24.0 Å². The molecule has 1 heterocycles. The Bertz CT molecular complexity index is 656. The van der Waals surface area contributed by atoms with Gasteiger partial charge in [0.1, 0.15) is 5.82 Å². The molecule has 2 aliphatic rings. The molecule has 1 aliphatic carbocycles. The maximum Gasteiger partial charge on any atom is 0.191 e. The van der Waals surface area contributed by atoms with E-state index in [-0.39, 0.29) is 35.2 Å². The summed E-state index contributed by atoms with van der Waals surface area (Å²) in [6.45, 7) is 5.99. The fourth-order valence-corrected chi connectivity index (χ4v) is 4.77. The summed E-state index contributed by atoms with van der Waals surface area (Å²) in [5.41, 5.74) is 2.25. The molecule has 3 rings (SSSR count). The van der Waals surface area contributed by atoms with E-state index in [1.807, 2.05) is 12.3 Å². The lowest BCUT2D eigenvalue weighted by Crippen LogP contribution is -2.67. The van der Waals surface area contributed by atoms with Crippen molar-refractivity contribution < 1.29 is 9.13 Å². The first-order valence-electron chi connectivity index (χ1n) is 8.82. The molecule has 4 nitrogen and oxygen atoms in total. The lowest BCUT2D eigenvalue weighted by atomic mass is 9.57. The standard InChI is InChI=1S/C19H28FN3OS.HI/c1-19(2)16(15-7-8-24-17(15)19)23-18(21-3)22-10-12-5-6-14(20)9-13(12)11-25-4;/h5-6,9,15-17H,7-8,10-11H2,1-4H3,(H2,21,22,23);1H. The molecule has 1 aromatic carbocycles. The first kappa shape index (κ1) is 21.8. The van der Waals surface area contributed by atoms with Gasteiger partial charge in [0.25, 0.3) is 0 Å². The van der Waals surface area contributed by atoms with Gasteiger partial charge in [0, 0.05) is 43.3 Å². The van der Waals surface area contributed by atoms with Crippen molar-refractivity contribution in [3.63, 3.8) is 0 Å². The summed E-state index contributed by atoms with van der Waals surface area (Å²) < 4.78 is 19.4. The number of hydrogen-bond donors (Lipinski definition) is 2. The molecular weight excluding hydrogens is 464 g/mol. The van der Waals surface area contributed by atoms with Gasteiger partial charge in [0.15, 0.2) is 5.96 Å². The number of benzene rings is 1. The Morgan fingerprint density at radius 1 is 1.38 bits per heavy atom. The SMILES string of the molecule is CN=C(NCc1ccc(F)cc1CSC)NC1C2CCOC2C1(C)C.I. The molecule has 0 aromatic heterocycles. The van der Waals surface area contributed by atoms with Crippen LogP contribution < -0.4 is 10.6 Å². The number of nitrogens with zero attached hydrogens (tertiary/aromatic N) is 1. The third-order valence-electron chi connectivity index (χ3n) is 5.53. The second kappa shape index (κ2) is 9.10. The first-order valence-corrected chi connectivity index (χ1v) is 10.2. The average molecular weight is 493 g/mol. The molecular formula is C19H29FIN3OS. The molecule has 1 aliphatic heterocycles. The molecule has 26 heavy (non-hydrogen) atoms. The van der Waals surface area contributed by atoms with Crippen molar-refractivity contribution in [1.82, 2.24) is 10.6 Å². The Hall–Kier alpha value is -0.540. The second-order valence-electron chi connectivity index (χ2n) is 7.46. The van der Waals surface area contributed by atoms with Gasteiger partial charge >= 0.3 is 0 Å². The van der Waals surface area contributed by atoms with Gasteiger partial charge in [-0.05, 0) is 35.9 Å². The molecule has 3 unspecified atom stereocenters. The molecule has 0 amide bonds. The van der Waals surface area contributed by atoms with E-state index in [0.717, 1.165) is 35.9 Å². The monoisotopic (exact) mass is 493 g/mol. The van der Waals surface area contributed by atoms with E-state index in [1.165, 1.54) is 6.07 Å². The van der Waals surface area contributed by atoms with Gasteiger partial charge in [-0.3, -0.25) is 4.99 Å². The molecule has 2 N–H and O–H groups in total. The number of halogens is 2. The number of thioether (sulfide) groups is 1. The third-order valence-corrected chi connectivity index (χ3v) is 6.13. The maximum absolute atomic E-state index is 13.5. The summed E-state index contributed by atoms with van der Waals surface area (Å²) in [5, 5.41) is 6.96. The molecule has 1 aromatic rings. The fraction of sp³-hybridized carbons (Fsp3) is 0.632. The van der Waals surface area contributed by atoms with Crippen LogP contribution in [-0.2, 0) is 17.0 Å². The maximum atomic E-state index is 13.5. The van der Waals surface area contributed by atoms with E-state index in [9.17, 15) is 4.39 Å². The van der Waals surface area contributed by atoms with Crippen LogP contribution in [0.5, 0.6) is 0 Å². The molecule has 0 bridgehead atoms. The number of guanidine groups is 1. The number of ether oxygens (including phenoxy) is 1. The van der Waals surface area contributed by atoms with Gasteiger partial charge in [-0.25, -0.2) is 4.39 Å². The Morgan fingerprint density at radius 3 is 2.85 bits per heavy atom. The number of aliphatic imine (C=N–C) groups is 1. The van der Waals surface area contributed by atoms with Gasteiger partial charge in [-0.2, -0.15) is 11.8 Å². The van der Waals surface area contributed by atoms with Crippen molar-refractivity contribution in [2.24, 2.45) is 16.3 Å². The van der Waals surface area contributed by atoms with Crippen molar-refractivity contribution >= 4 is 41.7 Å². The summed E-state index contributed by atoms with van der Waals surface area (Å²) >= 11 is 1.70. The van der Waals surface area contributed by atoms with Gasteiger partial charge in [0.2, 0.25) is 0 Å². The van der Waals surface area contributed by atoms with Crippen molar-refractivity contribution in [1.29, 1.82) is 0 Å². The lowest BCUT2D eigenvalue weighted by Gasteiger charge is -2.54. The predicted molar refractivity (Wildman–Crippen MR) is 118 cm³/mol. The van der Waals surface area contributed by atoms with Gasteiger partial charge in [-0.1, -0.05) is 19.9 Å². The quantitative estimate of drug-likeness (QED) is 0.373. The predicted octanol–water partition coefficient (Wildman–Crippen LogP) is 3.79. The van der Waals surface area contributed by atoms with E-state index >= 15 is 0 Å². The zero-order valence-corrected chi connectivity index (χ0v) is 19.0. The molecule has 7 heteroatoms. The van der Waals surface area contributed by atoms with E-state index in [1.54, 1.807) is 24.9 Å². The minimum Gasteiger partial charge on any atom is -0.377 e. The Kier molecular flexibility index (Phi) is 7.62. The Labute approximate surface area is 177 Å². The van der Waals surface area contributed by atoms with Crippen LogP contribution >= 0.6 is 35.7 Å². The molecule has 1 saturated carbocycles.